The van der Waals surface area contributed by atoms with E-state index in [1.807, 2.05) is 0 Å². The van der Waals surface area contributed by atoms with Gasteiger partial charge in [0, 0.05) is 17.7 Å². The Kier molecular flexibility index (Phi) is 4.71. The van der Waals surface area contributed by atoms with E-state index in [0.717, 1.165) is 12.1 Å². The van der Waals surface area contributed by atoms with Gasteiger partial charge in [-0.3, -0.25) is 19.7 Å². The van der Waals surface area contributed by atoms with E-state index in [9.17, 15) is 19.7 Å². The number of non-ortho nitro benzene ring substituents is 1. The lowest BCUT2D eigenvalue weighted by atomic mass is 9.99. The van der Waals surface area contributed by atoms with Gasteiger partial charge in [-0.15, -0.1) is 0 Å². The summed E-state index contributed by atoms with van der Waals surface area (Å²) in [5.41, 5.74) is -0.133. The van der Waals surface area contributed by atoms with Crippen LogP contribution in [0.1, 0.15) is 17.3 Å². The summed E-state index contributed by atoms with van der Waals surface area (Å²) in [5, 5.41) is 19.3. The summed E-state index contributed by atoms with van der Waals surface area (Å²) in [6.07, 6.45) is 0. The highest BCUT2D eigenvalue weighted by molar-refractivity contribution is 6.10. The Morgan fingerprint density at radius 2 is 2.00 bits per heavy atom. The van der Waals surface area contributed by atoms with Crippen LogP contribution < -0.4 is 0 Å². The van der Waals surface area contributed by atoms with Crippen LogP contribution in [-0.2, 0) is 9.53 Å². The van der Waals surface area contributed by atoms with Crippen molar-refractivity contribution < 1.29 is 19.2 Å². The van der Waals surface area contributed by atoms with Crippen molar-refractivity contribution >= 4 is 17.4 Å². The predicted octanol–water partition coefficient (Wildman–Crippen LogP) is 1.48. The van der Waals surface area contributed by atoms with Crippen LogP contribution in [0.5, 0.6) is 0 Å². The van der Waals surface area contributed by atoms with Crippen molar-refractivity contribution in [1.82, 2.24) is 0 Å². The third kappa shape index (κ3) is 3.35. The highest BCUT2D eigenvalue weighted by Crippen LogP contribution is 2.15. The molecule has 0 saturated heterocycles. The Morgan fingerprint density at radius 3 is 2.42 bits per heavy atom. The molecule has 0 unspecified atom stereocenters. The average Bonchev–Trinajstić information content (AvgIpc) is 2.39. The number of carbonyl (C=O) groups is 2. The van der Waals surface area contributed by atoms with Crippen LogP contribution in [0.4, 0.5) is 5.69 Å². The molecule has 0 aliphatic carbocycles. The van der Waals surface area contributed by atoms with E-state index in [1.54, 1.807) is 13.0 Å². The van der Waals surface area contributed by atoms with Gasteiger partial charge in [0.15, 0.2) is 5.78 Å². The van der Waals surface area contributed by atoms with E-state index in [0.29, 0.717) is 0 Å². The molecule has 0 aliphatic heterocycles. The summed E-state index contributed by atoms with van der Waals surface area (Å²) < 4.78 is 4.61. The smallest absolute Gasteiger partial charge is 0.331 e. The zero-order chi connectivity index (χ0) is 14.4. The first-order chi connectivity index (χ1) is 9.01. The Hall–Kier alpha value is -2.75. The first-order valence-electron chi connectivity index (χ1n) is 5.36. The van der Waals surface area contributed by atoms with Crippen molar-refractivity contribution in [2.75, 3.05) is 6.61 Å². The van der Waals surface area contributed by atoms with Gasteiger partial charge in [0.05, 0.1) is 17.6 Å². The van der Waals surface area contributed by atoms with Crippen molar-refractivity contribution in [3.8, 4) is 6.07 Å². The average molecular weight is 262 g/mol. The van der Waals surface area contributed by atoms with Crippen molar-refractivity contribution in [3.05, 3.63) is 39.9 Å². The second-order valence-electron chi connectivity index (χ2n) is 3.48. The third-order valence-corrected chi connectivity index (χ3v) is 2.28. The largest absolute Gasteiger partial charge is 0.465 e. The van der Waals surface area contributed by atoms with Gasteiger partial charge in [-0.1, -0.05) is 0 Å². The van der Waals surface area contributed by atoms with Crippen molar-refractivity contribution in [3.63, 3.8) is 0 Å². The zero-order valence-corrected chi connectivity index (χ0v) is 10.0. The van der Waals surface area contributed by atoms with E-state index in [2.05, 4.69) is 4.74 Å². The van der Waals surface area contributed by atoms with Crippen LogP contribution in [0.15, 0.2) is 24.3 Å². The lowest BCUT2D eigenvalue weighted by Gasteiger charge is -2.07. The van der Waals surface area contributed by atoms with Crippen molar-refractivity contribution in [2.45, 2.75) is 6.92 Å². The molecular weight excluding hydrogens is 252 g/mol. The summed E-state index contributed by atoms with van der Waals surface area (Å²) >= 11 is 0. The lowest BCUT2D eigenvalue weighted by molar-refractivity contribution is -0.384. The topological polar surface area (TPSA) is 110 Å². The first kappa shape index (κ1) is 14.3. The normalized spacial score (nSPS) is 11.2. The molecule has 7 nitrogen and oxygen atoms in total. The molecule has 0 aromatic heterocycles. The molecule has 0 radical (unpaired) electrons. The van der Waals surface area contributed by atoms with Gasteiger partial charge in [0.1, 0.15) is 0 Å². The second kappa shape index (κ2) is 6.26. The van der Waals surface area contributed by atoms with Gasteiger partial charge < -0.3 is 4.74 Å². The maximum Gasteiger partial charge on any atom is 0.331 e. The minimum Gasteiger partial charge on any atom is -0.465 e. The van der Waals surface area contributed by atoms with Crippen LogP contribution in [0.2, 0.25) is 0 Å². The number of rotatable bonds is 5. The molecule has 19 heavy (non-hydrogen) atoms. The molecule has 1 aromatic rings. The summed E-state index contributed by atoms with van der Waals surface area (Å²) in [6.45, 7) is 1.62. The molecule has 0 heterocycles. The number of carbonyl (C=O) groups excluding carboxylic acids is 2. The minimum absolute atomic E-state index is 0.0465. The molecular formula is C12H10N2O5. The van der Waals surface area contributed by atoms with E-state index >= 15 is 0 Å². The van der Waals surface area contributed by atoms with Gasteiger partial charge in [0.2, 0.25) is 5.92 Å². The number of nitro benzene ring substituents is 1. The SMILES string of the molecule is CCOC(=O)[C@@H](C#N)C(=O)c1ccc([N+](=O)[O-])cc1. The standard InChI is InChI=1S/C12H10N2O5/c1-2-19-12(16)10(7-13)11(15)8-3-5-9(6-4-8)14(17)18/h3-6,10H,2H2,1H3/t10-/m0/s1. The molecule has 1 atom stereocenters. The number of benzene rings is 1. The summed E-state index contributed by atoms with van der Waals surface area (Å²) in [4.78, 5) is 33.1. The number of Topliss-reactive ketones (excluding diaryl/α,β-unsaturated/α-hetero) is 1. The number of ketones is 1. The Bertz CT molecular complexity index is 544. The van der Waals surface area contributed by atoms with E-state index in [-0.39, 0.29) is 17.9 Å². The summed E-state index contributed by atoms with van der Waals surface area (Å²) in [6, 6.07) is 6.22. The maximum absolute atomic E-state index is 11.9. The maximum atomic E-state index is 11.9. The molecule has 0 saturated carbocycles. The van der Waals surface area contributed by atoms with Gasteiger partial charge in [-0.05, 0) is 19.1 Å². The fraction of sp³-hybridized carbons (Fsp3) is 0.250. The molecule has 0 spiro atoms. The number of hydrogen-bond acceptors (Lipinski definition) is 6. The summed E-state index contributed by atoms with van der Waals surface area (Å²) in [7, 11) is 0. The monoisotopic (exact) mass is 262 g/mol. The van der Waals surface area contributed by atoms with E-state index in [4.69, 9.17) is 5.26 Å². The molecule has 0 fully saturated rings. The van der Waals surface area contributed by atoms with Crippen molar-refractivity contribution in [1.29, 1.82) is 5.26 Å². The van der Waals surface area contributed by atoms with Gasteiger partial charge in [-0.25, -0.2) is 0 Å². The number of ether oxygens (including phenoxy) is 1. The quantitative estimate of drug-likeness (QED) is 0.261. The fourth-order valence-corrected chi connectivity index (χ4v) is 1.36. The molecule has 1 rings (SSSR count). The number of nitro groups is 1. The zero-order valence-electron chi connectivity index (χ0n) is 10.0. The van der Waals surface area contributed by atoms with Crippen LogP contribution in [0, 0.1) is 27.4 Å². The van der Waals surface area contributed by atoms with Crippen LogP contribution in [0.3, 0.4) is 0 Å². The Labute approximate surface area is 108 Å². The van der Waals surface area contributed by atoms with Gasteiger partial charge >= 0.3 is 5.97 Å². The first-order valence-corrected chi connectivity index (χ1v) is 5.36. The Morgan fingerprint density at radius 1 is 1.42 bits per heavy atom. The van der Waals surface area contributed by atoms with Gasteiger partial charge in [0.25, 0.3) is 5.69 Å². The van der Waals surface area contributed by atoms with E-state index < -0.39 is 22.6 Å². The number of esters is 1. The lowest BCUT2D eigenvalue weighted by Crippen LogP contribution is -2.24. The van der Waals surface area contributed by atoms with Crippen LogP contribution >= 0.6 is 0 Å². The molecule has 1 aromatic carbocycles. The number of nitriles is 1. The Balaban J connectivity index is 2.95. The molecule has 0 amide bonds. The van der Waals surface area contributed by atoms with Crippen LogP contribution in [0.25, 0.3) is 0 Å². The predicted molar refractivity (Wildman–Crippen MR) is 63.2 cm³/mol. The molecule has 0 bridgehead atoms. The third-order valence-electron chi connectivity index (χ3n) is 2.28. The van der Waals surface area contributed by atoms with Crippen LogP contribution in [-0.4, -0.2) is 23.3 Å². The summed E-state index contributed by atoms with van der Waals surface area (Å²) in [5.74, 6) is -3.22. The highest BCUT2D eigenvalue weighted by Gasteiger charge is 2.29. The molecule has 7 heteroatoms. The molecule has 98 valence electrons. The number of hydrogen-bond donors (Lipinski definition) is 0. The highest BCUT2D eigenvalue weighted by atomic mass is 16.6. The number of nitrogens with zero attached hydrogens (tertiary/aromatic N) is 2. The van der Waals surface area contributed by atoms with Crippen molar-refractivity contribution in [2.24, 2.45) is 5.92 Å². The van der Waals surface area contributed by atoms with E-state index in [1.165, 1.54) is 12.1 Å². The second-order valence-corrected chi connectivity index (χ2v) is 3.48. The minimum atomic E-state index is -1.55. The molecule has 0 N–H and O–H groups in total. The van der Waals surface area contributed by atoms with Gasteiger partial charge in [-0.2, -0.15) is 5.26 Å². The fourth-order valence-electron chi connectivity index (χ4n) is 1.36. The molecule has 0 aliphatic rings.